The molecule has 0 unspecified atom stereocenters. The lowest BCUT2D eigenvalue weighted by Gasteiger charge is -2.30. The Bertz CT molecular complexity index is 581. The summed E-state index contributed by atoms with van der Waals surface area (Å²) in [6, 6.07) is 0. The van der Waals surface area contributed by atoms with Crippen molar-refractivity contribution < 1.29 is 19.7 Å². The molecule has 0 rings (SSSR count). The number of hydrogen-bond donors (Lipinski definition) is 3. The molecule has 0 saturated carbocycles. The van der Waals surface area contributed by atoms with Crippen molar-refractivity contribution in [3.05, 3.63) is 0 Å². The molecule has 0 fully saturated rings. The van der Waals surface area contributed by atoms with Gasteiger partial charge in [-0.05, 0) is 12.8 Å². The zero-order valence-electron chi connectivity index (χ0n) is 30.7. The number of aliphatic hydroxyl groups is 2. The van der Waals surface area contributed by atoms with Gasteiger partial charge in [-0.25, -0.2) is 0 Å². The fourth-order valence-electron chi connectivity index (χ4n) is 6.29. The predicted molar refractivity (Wildman–Crippen MR) is 195 cm³/mol. The smallest absolute Gasteiger partial charge is 0.220 e. The maximum atomic E-state index is 12.5. The minimum atomic E-state index is -1.08. The Morgan fingerprint density at radius 1 is 0.467 bits per heavy atom. The van der Waals surface area contributed by atoms with Crippen LogP contribution in [0, 0.1) is 0 Å². The van der Waals surface area contributed by atoms with Gasteiger partial charge < -0.3 is 20.3 Å². The largest absolute Gasteiger partial charge is 0.394 e. The summed E-state index contributed by atoms with van der Waals surface area (Å²) in [5.41, 5.74) is -1.08. The van der Waals surface area contributed by atoms with Gasteiger partial charge in [-0.3, -0.25) is 4.79 Å². The van der Waals surface area contributed by atoms with Crippen LogP contribution < -0.4 is 5.32 Å². The molecule has 0 radical (unpaired) electrons. The molecule has 270 valence electrons. The lowest BCUT2D eigenvalue weighted by Crippen LogP contribution is -2.57. The second-order valence-corrected chi connectivity index (χ2v) is 14.2. The van der Waals surface area contributed by atoms with E-state index in [-0.39, 0.29) is 25.7 Å². The molecule has 0 aliphatic heterocycles. The van der Waals surface area contributed by atoms with Gasteiger partial charge in [0.2, 0.25) is 5.91 Å². The molecular weight excluding hydrogens is 558 g/mol. The van der Waals surface area contributed by atoms with Gasteiger partial charge in [-0.15, -0.1) is 0 Å². The third kappa shape index (κ3) is 31.7. The van der Waals surface area contributed by atoms with Gasteiger partial charge in [0.25, 0.3) is 0 Å². The molecule has 0 aliphatic carbocycles. The zero-order valence-corrected chi connectivity index (χ0v) is 30.7. The number of amides is 1. The van der Waals surface area contributed by atoms with E-state index in [4.69, 9.17) is 4.74 Å². The molecule has 0 saturated heterocycles. The van der Waals surface area contributed by atoms with Crippen LogP contribution in [0.5, 0.6) is 0 Å². The molecule has 0 aliphatic rings. The minimum absolute atomic E-state index is 0.0983. The van der Waals surface area contributed by atoms with Gasteiger partial charge in [0, 0.05) is 13.0 Å². The second-order valence-electron chi connectivity index (χ2n) is 14.2. The third-order valence-corrected chi connectivity index (χ3v) is 9.54. The van der Waals surface area contributed by atoms with Crippen LogP contribution in [-0.2, 0) is 9.53 Å². The molecule has 0 bridgehead atoms. The lowest BCUT2D eigenvalue weighted by molar-refractivity contribution is -0.126. The predicted octanol–water partition coefficient (Wildman–Crippen LogP) is 11.4. The van der Waals surface area contributed by atoms with Crippen LogP contribution in [0.3, 0.4) is 0 Å². The number of carbonyl (C=O) groups excluding carboxylic acids is 1. The quantitative estimate of drug-likeness (QED) is 0.0587. The maximum absolute atomic E-state index is 12.5. The van der Waals surface area contributed by atoms with E-state index >= 15 is 0 Å². The van der Waals surface area contributed by atoms with Gasteiger partial charge in [-0.1, -0.05) is 200 Å². The first-order chi connectivity index (χ1) is 22.1. The van der Waals surface area contributed by atoms with Crippen LogP contribution >= 0.6 is 0 Å². The maximum Gasteiger partial charge on any atom is 0.220 e. The number of rotatable bonds is 38. The number of aliphatic hydroxyl groups excluding tert-OH is 2. The van der Waals surface area contributed by atoms with Crippen LogP contribution in [0.4, 0.5) is 0 Å². The Morgan fingerprint density at radius 2 is 0.756 bits per heavy atom. The summed E-state index contributed by atoms with van der Waals surface area (Å²) in [5.74, 6) is -0.0983. The van der Waals surface area contributed by atoms with Gasteiger partial charge in [0.05, 0.1) is 19.8 Å². The van der Waals surface area contributed by atoms with Crippen LogP contribution in [0.2, 0.25) is 0 Å². The number of nitrogens with one attached hydrogen (secondary N) is 1. The summed E-state index contributed by atoms with van der Waals surface area (Å²) in [6.07, 6.45) is 41.4. The van der Waals surface area contributed by atoms with E-state index in [1.54, 1.807) is 0 Å². The summed E-state index contributed by atoms with van der Waals surface area (Å²) < 4.78 is 5.80. The third-order valence-electron chi connectivity index (χ3n) is 9.54. The number of unbranched alkanes of at least 4 members (excludes halogenated alkanes) is 29. The van der Waals surface area contributed by atoms with E-state index in [0.29, 0.717) is 13.0 Å². The normalized spacial score (nSPS) is 11.8. The van der Waals surface area contributed by atoms with Crippen LogP contribution in [0.15, 0.2) is 0 Å². The highest BCUT2D eigenvalue weighted by atomic mass is 16.5. The Labute approximate surface area is 281 Å². The van der Waals surface area contributed by atoms with Crippen LogP contribution in [0.25, 0.3) is 0 Å². The van der Waals surface area contributed by atoms with E-state index in [1.807, 2.05) is 0 Å². The van der Waals surface area contributed by atoms with E-state index in [1.165, 1.54) is 173 Å². The first-order valence-electron chi connectivity index (χ1n) is 20.2. The van der Waals surface area contributed by atoms with Crippen LogP contribution in [0.1, 0.15) is 219 Å². The van der Waals surface area contributed by atoms with Gasteiger partial charge >= 0.3 is 0 Å². The molecule has 0 spiro atoms. The van der Waals surface area contributed by atoms with E-state index in [0.717, 1.165) is 25.7 Å². The molecule has 5 heteroatoms. The number of hydrogen-bond acceptors (Lipinski definition) is 4. The molecule has 0 aromatic heterocycles. The van der Waals surface area contributed by atoms with E-state index < -0.39 is 5.54 Å². The molecule has 5 nitrogen and oxygen atoms in total. The van der Waals surface area contributed by atoms with Crippen molar-refractivity contribution in [3.8, 4) is 0 Å². The topological polar surface area (TPSA) is 78.8 Å². The Morgan fingerprint density at radius 3 is 1.07 bits per heavy atom. The van der Waals surface area contributed by atoms with Gasteiger partial charge in [-0.2, -0.15) is 0 Å². The standard InChI is InChI=1S/C40H81NO4/c1-3-5-7-9-11-13-15-17-19-21-23-25-27-29-31-33-35-45-38-40(36-42,37-43)41-39(44)34-32-30-28-26-24-22-20-18-16-14-12-10-8-6-4-2/h42-43H,3-38H2,1-2H3,(H,41,44). The number of carbonyl (C=O) groups is 1. The minimum Gasteiger partial charge on any atom is -0.394 e. The van der Waals surface area contributed by atoms with E-state index in [9.17, 15) is 15.0 Å². The van der Waals surface area contributed by atoms with Gasteiger partial charge in [0.15, 0.2) is 0 Å². The summed E-state index contributed by atoms with van der Waals surface area (Å²) >= 11 is 0. The van der Waals surface area contributed by atoms with Crippen molar-refractivity contribution in [3.63, 3.8) is 0 Å². The summed E-state index contributed by atoms with van der Waals surface area (Å²) in [4.78, 5) is 12.5. The van der Waals surface area contributed by atoms with Crippen molar-refractivity contribution in [1.82, 2.24) is 5.32 Å². The van der Waals surface area contributed by atoms with Crippen molar-refractivity contribution >= 4 is 5.91 Å². The Kier molecular flexibility index (Phi) is 35.7. The lowest BCUT2D eigenvalue weighted by atomic mass is 10.0. The molecule has 0 heterocycles. The summed E-state index contributed by atoms with van der Waals surface area (Å²) in [6.45, 7) is 4.69. The van der Waals surface area contributed by atoms with E-state index in [2.05, 4.69) is 19.2 Å². The highest BCUT2D eigenvalue weighted by Gasteiger charge is 2.30. The average molecular weight is 640 g/mol. The molecule has 0 atom stereocenters. The second kappa shape index (κ2) is 36.2. The van der Waals surface area contributed by atoms with Gasteiger partial charge in [0.1, 0.15) is 5.54 Å². The molecule has 45 heavy (non-hydrogen) atoms. The molecule has 1 amide bonds. The summed E-state index contributed by atoms with van der Waals surface area (Å²) in [5, 5.41) is 22.7. The molecule has 0 aromatic rings. The Balaban J connectivity index is 3.61. The molecular formula is C40H81NO4. The fourth-order valence-corrected chi connectivity index (χ4v) is 6.29. The van der Waals surface area contributed by atoms with Crippen molar-refractivity contribution in [2.24, 2.45) is 0 Å². The molecule has 3 N–H and O–H groups in total. The molecule has 0 aromatic carbocycles. The monoisotopic (exact) mass is 640 g/mol. The SMILES string of the molecule is CCCCCCCCCCCCCCCCCCOCC(CO)(CO)NC(=O)CCCCCCCCCCCCCCCCC. The highest BCUT2D eigenvalue weighted by molar-refractivity contribution is 5.76. The van der Waals surface area contributed by atoms with Crippen molar-refractivity contribution in [2.45, 2.75) is 225 Å². The number of ether oxygens (including phenoxy) is 1. The van der Waals surface area contributed by atoms with Crippen molar-refractivity contribution in [1.29, 1.82) is 0 Å². The first-order valence-corrected chi connectivity index (χ1v) is 20.2. The summed E-state index contributed by atoms with van der Waals surface area (Å²) in [7, 11) is 0. The zero-order chi connectivity index (χ0) is 32.9. The fraction of sp³-hybridized carbons (Fsp3) is 0.975. The highest BCUT2D eigenvalue weighted by Crippen LogP contribution is 2.16. The van der Waals surface area contributed by atoms with Crippen molar-refractivity contribution in [2.75, 3.05) is 26.4 Å². The average Bonchev–Trinajstić information content (AvgIpc) is 3.05. The van der Waals surface area contributed by atoms with Crippen LogP contribution in [-0.4, -0.2) is 48.1 Å². The first kappa shape index (κ1) is 44.4. The Hall–Kier alpha value is -0.650.